The van der Waals surface area contributed by atoms with Crippen LogP contribution < -0.4 is 5.32 Å². The number of benzene rings is 2. The number of ether oxygens (including phenoxy) is 1. The van der Waals surface area contributed by atoms with E-state index in [-0.39, 0.29) is 36.1 Å². The molecule has 2 aromatic carbocycles. The third-order valence-electron chi connectivity index (χ3n) is 4.03. The molecular formula is C21H19ClN2O4. The number of aryl methyl sites for hydroxylation is 1. The molecule has 1 aromatic heterocycles. The smallest absolute Gasteiger partial charge is 0.346 e. The number of nitrogens with zero attached hydrogens (tertiary/aromatic N) is 1. The molecule has 28 heavy (non-hydrogen) atoms. The van der Waals surface area contributed by atoms with Crippen molar-refractivity contribution < 1.29 is 18.8 Å². The minimum atomic E-state index is -0.618. The molecule has 6 nitrogen and oxygen atoms in total. The van der Waals surface area contributed by atoms with Gasteiger partial charge in [-0.15, -0.1) is 0 Å². The van der Waals surface area contributed by atoms with Gasteiger partial charge < -0.3 is 9.26 Å². The maximum Gasteiger partial charge on any atom is 0.346 e. The second-order valence-electron chi connectivity index (χ2n) is 6.00. The van der Waals surface area contributed by atoms with Gasteiger partial charge in [-0.05, 0) is 31.0 Å². The molecule has 0 saturated heterocycles. The lowest BCUT2D eigenvalue weighted by Crippen LogP contribution is -2.15. The Balaban J connectivity index is 1.80. The summed E-state index contributed by atoms with van der Waals surface area (Å²) in [5.41, 5.74) is 2.04. The topological polar surface area (TPSA) is 81.4 Å². The lowest BCUT2D eigenvalue weighted by Gasteiger charge is -2.06. The van der Waals surface area contributed by atoms with Crippen molar-refractivity contribution in [3.63, 3.8) is 0 Å². The SMILES string of the molecule is CCOC(=O)c1c(-c2ccc(Cl)cc2)noc1NC(=O)CCc1ccccc1. The van der Waals surface area contributed by atoms with Crippen molar-refractivity contribution in [2.45, 2.75) is 19.8 Å². The number of rotatable bonds is 7. The van der Waals surface area contributed by atoms with E-state index in [2.05, 4.69) is 10.5 Å². The number of nitrogens with one attached hydrogen (secondary N) is 1. The van der Waals surface area contributed by atoms with Gasteiger partial charge >= 0.3 is 5.97 Å². The maximum absolute atomic E-state index is 12.4. The summed E-state index contributed by atoms with van der Waals surface area (Å²) < 4.78 is 10.4. The third-order valence-corrected chi connectivity index (χ3v) is 4.28. The second-order valence-corrected chi connectivity index (χ2v) is 6.43. The summed E-state index contributed by atoms with van der Waals surface area (Å²) >= 11 is 5.92. The molecule has 3 rings (SSSR count). The number of carbonyl (C=O) groups excluding carboxylic acids is 2. The summed E-state index contributed by atoms with van der Waals surface area (Å²) in [4.78, 5) is 24.8. The van der Waals surface area contributed by atoms with Crippen molar-refractivity contribution in [2.24, 2.45) is 0 Å². The van der Waals surface area contributed by atoms with Crippen LogP contribution >= 0.6 is 11.6 Å². The zero-order chi connectivity index (χ0) is 19.9. The molecule has 144 valence electrons. The summed E-state index contributed by atoms with van der Waals surface area (Å²) in [5.74, 6) is -0.929. The zero-order valence-electron chi connectivity index (χ0n) is 15.3. The first-order valence-electron chi connectivity index (χ1n) is 8.85. The highest BCUT2D eigenvalue weighted by atomic mass is 35.5. The second kappa shape index (κ2) is 9.19. The molecule has 0 atom stereocenters. The maximum atomic E-state index is 12.4. The van der Waals surface area contributed by atoms with Crippen molar-refractivity contribution in [1.82, 2.24) is 5.16 Å². The van der Waals surface area contributed by atoms with Gasteiger partial charge in [-0.3, -0.25) is 10.1 Å². The molecule has 0 radical (unpaired) electrons. The first-order chi connectivity index (χ1) is 13.6. The molecule has 0 spiro atoms. The van der Waals surface area contributed by atoms with Crippen molar-refractivity contribution in [3.8, 4) is 11.3 Å². The van der Waals surface area contributed by atoms with Crippen LogP contribution in [0.3, 0.4) is 0 Å². The monoisotopic (exact) mass is 398 g/mol. The van der Waals surface area contributed by atoms with Gasteiger partial charge in [0.25, 0.3) is 0 Å². The predicted octanol–water partition coefficient (Wildman–Crippen LogP) is 4.74. The number of anilines is 1. The molecule has 0 aliphatic rings. The molecule has 0 unspecified atom stereocenters. The molecular weight excluding hydrogens is 380 g/mol. The van der Waals surface area contributed by atoms with Crippen LogP contribution in [0, 0.1) is 0 Å². The van der Waals surface area contributed by atoms with E-state index in [9.17, 15) is 9.59 Å². The molecule has 3 aromatic rings. The Bertz CT molecular complexity index is 952. The first kappa shape index (κ1) is 19.6. The van der Waals surface area contributed by atoms with Gasteiger partial charge in [0, 0.05) is 17.0 Å². The Morgan fingerprint density at radius 2 is 1.82 bits per heavy atom. The molecule has 1 N–H and O–H groups in total. The van der Waals surface area contributed by atoms with E-state index >= 15 is 0 Å². The van der Waals surface area contributed by atoms with Crippen LogP contribution in [0.15, 0.2) is 59.1 Å². The summed E-state index contributed by atoms with van der Waals surface area (Å²) in [6.45, 7) is 1.89. The quantitative estimate of drug-likeness (QED) is 0.581. The van der Waals surface area contributed by atoms with Crippen LogP contribution in [-0.2, 0) is 16.0 Å². The molecule has 1 heterocycles. The van der Waals surface area contributed by atoms with Gasteiger partial charge in [-0.1, -0.05) is 59.2 Å². The van der Waals surface area contributed by atoms with Crippen molar-refractivity contribution in [2.75, 3.05) is 11.9 Å². The fourth-order valence-corrected chi connectivity index (χ4v) is 2.79. The van der Waals surface area contributed by atoms with Gasteiger partial charge in [0.15, 0.2) is 5.56 Å². The standard InChI is InChI=1S/C21H19ClN2O4/c1-2-27-21(26)18-19(15-9-11-16(22)12-10-15)24-28-20(18)23-17(25)13-8-14-6-4-3-5-7-14/h3-7,9-12H,2,8,13H2,1H3,(H,23,25). The zero-order valence-corrected chi connectivity index (χ0v) is 16.0. The van der Waals surface area contributed by atoms with Gasteiger partial charge in [-0.25, -0.2) is 4.79 Å². The van der Waals surface area contributed by atoms with Crippen molar-refractivity contribution in [3.05, 3.63) is 70.7 Å². The van der Waals surface area contributed by atoms with Crippen LogP contribution in [0.25, 0.3) is 11.3 Å². The van der Waals surface area contributed by atoms with Crippen LogP contribution in [0.1, 0.15) is 29.3 Å². The molecule has 0 saturated carbocycles. The summed E-state index contributed by atoms with van der Waals surface area (Å²) in [7, 11) is 0. The fourth-order valence-electron chi connectivity index (χ4n) is 2.66. The summed E-state index contributed by atoms with van der Waals surface area (Å²) in [5, 5.41) is 7.14. The minimum Gasteiger partial charge on any atom is -0.462 e. The molecule has 7 heteroatoms. The number of esters is 1. The number of hydrogen-bond acceptors (Lipinski definition) is 5. The fraction of sp³-hybridized carbons (Fsp3) is 0.190. The van der Waals surface area contributed by atoms with E-state index in [1.54, 1.807) is 31.2 Å². The summed E-state index contributed by atoms with van der Waals surface area (Å²) in [6.07, 6.45) is 0.808. The van der Waals surface area contributed by atoms with Crippen LogP contribution in [0.5, 0.6) is 0 Å². The molecule has 0 aliphatic carbocycles. The number of aromatic nitrogens is 1. The highest BCUT2D eigenvalue weighted by molar-refractivity contribution is 6.30. The highest BCUT2D eigenvalue weighted by Gasteiger charge is 2.26. The Hall–Kier alpha value is -3.12. The van der Waals surface area contributed by atoms with Gasteiger partial charge in [0.1, 0.15) is 5.69 Å². The van der Waals surface area contributed by atoms with E-state index in [1.165, 1.54) is 0 Å². The molecule has 1 amide bonds. The largest absolute Gasteiger partial charge is 0.462 e. The van der Waals surface area contributed by atoms with Crippen LogP contribution in [0.2, 0.25) is 5.02 Å². The third kappa shape index (κ3) is 4.78. The van der Waals surface area contributed by atoms with Gasteiger partial charge in [0.05, 0.1) is 6.61 Å². The Kier molecular flexibility index (Phi) is 6.45. The lowest BCUT2D eigenvalue weighted by atomic mass is 10.1. The average molecular weight is 399 g/mol. The molecule has 0 bridgehead atoms. The number of carbonyl (C=O) groups is 2. The van der Waals surface area contributed by atoms with E-state index < -0.39 is 5.97 Å². The van der Waals surface area contributed by atoms with E-state index in [1.807, 2.05) is 30.3 Å². The highest BCUT2D eigenvalue weighted by Crippen LogP contribution is 2.30. The predicted molar refractivity (Wildman–Crippen MR) is 106 cm³/mol. The first-order valence-corrected chi connectivity index (χ1v) is 9.22. The lowest BCUT2D eigenvalue weighted by molar-refractivity contribution is -0.116. The number of hydrogen-bond donors (Lipinski definition) is 1. The molecule has 0 fully saturated rings. The number of amides is 1. The molecule has 0 aliphatic heterocycles. The van der Waals surface area contributed by atoms with Crippen molar-refractivity contribution >= 4 is 29.4 Å². The van der Waals surface area contributed by atoms with Crippen molar-refractivity contribution in [1.29, 1.82) is 0 Å². The van der Waals surface area contributed by atoms with E-state index in [0.29, 0.717) is 17.0 Å². The van der Waals surface area contributed by atoms with Gasteiger partial charge in [0.2, 0.25) is 11.8 Å². The van der Waals surface area contributed by atoms with E-state index in [4.69, 9.17) is 20.9 Å². The van der Waals surface area contributed by atoms with Gasteiger partial charge in [-0.2, -0.15) is 0 Å². The van der Waals surface area contributed by atoms with E-state index in [0.717, 1.165) is 5.56 Å². The minimum absolute atomic E-state index is 0.0264. The Morgan fingerprint density at radius 3 is 2.50 bits per heavy atom. The Morgan fingerprint density at radius 1 is 1.11 bits per heavy atom. The number of halogens is 1. The normalized spacial score (nSPS) is 10.5. The van der Waals surface area contributed by atoms with Crippen LogP contribution in [-0.4, -0.2) is 23.6 Å². The van der Waals surface area contributed by atoms with Crippen LogP contribution in [0.4, 0.5) is 5.88 Å². The summed E-state index contributed by atoms with van der Waals surface area (Å²) in [6, 6.07) is 16.4. The Labute approximate surface area is 167 Å². The average Bonchev–Trinajstić information content (AvgIpc) is 3.11.